The van der Waals surface area contributed by atoms with E-state index in [-0.39, 0.29) is 24.1 Å². The molecule has 118 valence electrons. The molecule has 0 aliphatic carbocycles. The molecule has 1 atom stereocenters. The van der Waals surface area contributed by atoms with Gasteiger partial charge in [-0.05, 0) is 32.0 Å². The molecular weight excluding hydrogens is 297 g/mol. The summed E-state index contributed by atoms with van der Waals surface area (Å²) in [7, 11) is -2.21. The van der Waals surface area contributed by atoms with Gasteiger partial charge in [-0.25, -0.2) is 12.8 Å². The molecule has 1 saturated heterocycles. The Bertz CT molecular complexity index is 603. The van der Waals surface area contributed by atoms with Gasteiger partial charge in [0, 0.05) is 20.2 Å². The van der Waals surface area contributed by atoms with Crippen molar-refractivity contribution in [2.24, 2.45) is 0 Å². The highest BCUT2D eigenvalue weighted by atomic mass is 32.2. The van der Waals surface area contributed by atoms with Crippen LogP contribution >= 0.6 is 0 Å². The van der Waals surface area contributed by atoms with Crippen LogP contribution in [-0.2, 0) is 19.5 Å². The van der Waals surface area contributed by atoms with E-state index in [0.717, 1.165) is 6.07 Å². The number of hydrogen-bond donors (Lipinski definition) is 0. The average Bonchev–Trinajstić information content (AvgIpc) is 2.37. The topological polar surface area (TPSA) is 55.8 Å². The highest BCUT2D eigenvalue weighted by Crippen LogP contribution is 2.26. The van der Waals surface area contributed by atoms with Gasteiger partial charge in [0.05, 0.1) is 23.2 Å². The van der Waals surface area contributed by atoms with Crippen LogP contribution in [0.4, 0.5) is 4.39 Å². The Morgan fingerprint density at radius 2 is 2.19 bits per heavy atom. The van der Waals surface area contributed by atoms with Gasteiger partial charge in [0.15, 0.2) is 0 Å². The summed E-state index contributed by atoms with van der Waals surface area (Å²) < 4.78 is 50.7. The van der Waals surface area contributed by atoms with E-state index in [9.17, 15) is 12.8 Å². The van der Waals surface area contributed by atoms with Crippen molar-refractivity contribution in [3.63, 3.8) is 0 Å². The van der Waals surface area contributed by atoms with Crippen LogP contribution in [0.15, 0.2) is 29.2 Å². The van der Waals surface area contributed by atoms with E-state index in [1.165, 1.54) is 29.6 Å². The molecule has 21 heavy (non-hydrogen) atoms. The SMILES string of the molecule is COC[C@H]1CN(S(=O)(=O)c2cccc(F)c2)CC(C)(C)O1. The zero-order chi connectivity index (χ0) is 15.7. The molecule has 5 nitrogen and oxygen atoms in total. The lowest BCUT2D eigenvalue weighted by molar-refractivity contribution is -0.135. The Kier molecular flexibility index (Phi) is 4.67. The van der Waals surface area contributed by atoms with Crippen molar-refractivity contribution >= 4 is 10.0 Å². The van der Waals surface area contributed by atoms with Crippen LogP contribution in [0.5, 0.6) is 0 Å². The Morgan fingerprint density at radius 3 is 2.81 bits per heavy atom. The number of sulfonamides is 1. The lowest BCUT2D eigenvalue weighted by atomic mass is 10.1. The molecule has 1 aromatic rings. The maximum atomic E-state index is 13.3. The molecule has 1 heterocycles. The van der Waals surface area contributed by atoms with E-state index in [0.29, 0.717) is 6.61 Å². The Labute approximate surface area is 124 Å². The zero-order valence-electron chi connectivity index (χ0n) is 12.4. The van der Waals surface area contributed by atoms with Gasteiger partial charge in [0.2, 0.25) is 10.0 Å². The molecular formula is C14H20FNO4S. The lowest BCUT2D eigenvalue weighted by Crippen LogP contribution is -2.55. The van der Waals surface area contributed by atoms with Crippen LogP contribution in [0.2, 0.25) is 0 Å². The summed E-state index contributed by atoms with van der Waals surface area (Å²) in [5.41, 5.74) is -0.623. The zero-order valence-corrected chi connectivity index (χ0v) is 13.2. The van der Waals surface area contributed by atoms with Crippen molar-refractivity contribution in [2.75, 3.05) is 26.8 Å². The standard InChI is InChI=1S/C14H20FNO4S/c1-14(2)10-16(8-12(20-14)9-19-3)21(17,18)13-6-4-5-11(15)7-13/h4-7,12H,8-10H2,1-3H3/t12-/m1/s1. The van der Waals surface area contributed by atoms with E-state index >= 15 is 0 Å². The minimum Gasteiger partial charge on any atom is -0.382 e. The number of benzene rings is 1. The van der Waals surface area contributed by atoms with Gasteiger partial charge in [0.1, 0.15) is 5.82 Å². The van der Waals surface area contributed by atoms with Crippen molar-refractivity contribution in [1.29, 1.82) is 0 Å². The molecule has 0 spiro atoms. The maximum Gasteiger partial charge on any atom is 0.243 e. The molecule has 2 rings (SSSR count). The summed E-state index contributed by atoms with van der Waals surface area (Å²) in [5.74, 6) is -0.572. The molecule has 0 aromatic heterocycles. The van der Waals surface area contributed by atoms with E-state index in [4.69, 9.17) is 9.47 Å². The summed E-state index contributed by atoms with van der Waals surface area (Å²) in [6, 6.07) is 5.03. The maximum absolute atomic E-state index is 13.3. The highest BCUT2D eigenvalue weighted by Gasteiger charge is 2.39. The second kappa shape index (κ2) is 6.00. The van der Waals surface area contributed by atoms with Crippen molar-refractivity contribution in [1.82, 2.24) is 4.31 Å². The third kappa shape index (κ3) is 3.79. The van der Waals surface area contributed by atoms with Crippen LogP contribution in [0.25, 0.3) is 0 Å². The van der Waals surface area contributed by atoms with Crippen molar-refractivity contribution in [3.8, 4) is 0 Å². The van der Waals surface area contributed by atoms with Gasteiger partial charge in [-0.3, -0.25) is 0 Å². The van der Waals surface area contributed by atoms with E-state index in [1.807, 2.05) is 13.8 Å². The smallest absolute Gasteiger partial charge is 0.243 e. The monoisotopic (exact) mass is 317 g/mol. The first-order valence-corrected chi connectivity index (χ1v) is 8.11. The fourth-order valence-electron chi connectivity index (χ4n) is 2.47. The van der Waals surface area contributed by atoms with Gasteiger partial charge in [-0.2, -0.15) is 4.31 Å². The molecule has 0 saturated carbocycles. The molecule has 0 N–H and O–H groups in total. The molecule has 1 aliphatic heterocycles. The molecule has 1 aliphatic rings. The fraction of sp³-hybridized carbons (Fsp3) is 0.571. The first-order chi connectivity index (χ1) is 9.74. The van der Waals surface area contributed by atoms with Crippen LogP contribution in [0.3, 0.4) is 0 Å². The van der Waals surface area contributed by atoms with Crippen LogP contribution < -0.4 is 0 Å². The van der Waals surface area contributed by atoms with Gasteiger partial charge < -0.3 is 9.47 Å². The third-order valence-corrected chi connectivity index (χ3v) is 5.04. The predicted molar refractivity (Wildman–Crippen MR) is 76.0 cm³/mol. The molecule has 0 bridgehead atoms. The van der Waals surface area contributed by atoms with Crippen LogP contribution in [0, 0.1) is 5.82 Å². The van der Waals surface area contributed by atoms with Crippen molar-refractivity contribution in [3.05, 3.63) is 30.1 Å². The number of ether oxygens (including phenoxy) is 2. The second-order valence-corrected chi connectivity index (χ2v) is 7.65. The van der Waals surface area contributed by atoms with Crippen LogP contribution in [0.1, 0.15) is 13.8 Å². The molecule has 1 fully saturated rings. The van der Waals surface area contributed by atoms with E-state index in [2.05, 4.69) is 0 Å². The summed E-state index contributed by atoms with van der Waals surface area (Å²) in [4.78, 5) is -0.0450. The average molecular weight is 317 g/mol. The first kappa shape index (κ1) is 16.4. The molecule has 1 aromatic carbocycles. The number of halogens is 1. The Balaban J connectivity index is 2.30. The number of nitrogens with zero attached hydrogens (tertiary/aromatic N) is 1. The van der Waals surface area contributed by atoms with Gasteiger partial charge >= 0.3 is 0 Å². The number of rotatable bonds is 4. The number of methoxy groups -OCH3 is 1. The first-order valence-electron chi connectivity index (χ1n) is 6.67. The van der Waals surface area contributed by atoms with Crippen molar-refractivity contribution in [2.45, 2.75) is 30.4 Å². The third-order valence-electron chi connectivity index (χ3n) is 3.24. The molecule has 0 amide bonds. The highest BCUT2D eigenvalue weighted by molar-refractivity contribution is 7.89. The van der Waals surface area contributed by atoms with Gasteiger partial charge in [-0.1, -0.05) is 6.07 Å². The second-order valence-electron chi connectivity index (χ2n) is 5.71. The number of morpholine rings is 1. The molecule has 0 unspecified atom stereocenters. The normalized spacial score (nSPS) is 23.1. The summed E-state index contributed by atoms with van der Waals surface area (Å²) in [6.07, 6.45) is -0.345. The lowest BCUT2D eigenvalue weighted by Gasteiger charge is -2.41. The predicted octanol–water partition coefficient (Wildman–Crippen LogP) is 1.64. The quantitative estimate of drug-likeness (QED) is 0.847. The van der Waals surface area contributed by atoms with E-state index in [1.54, 1.807) is 0 Å². The fourth-order valence-corrected chi connectivity index (χ4v) is 4.13. The summed E-state index contributed by atoms with van der Waals surface area (Å²) >= 11 is 0. The Morgan fingerprint density at radius 1 is 1.48 bits per heavy atom. The largest absolute Gasteiger partial charge is 0.382 e. The van der Waals surface area contributed by atoms with Crippen LogP contribution in [-0.4, -0.2) is 51.2 Å². The Hall–Kier alpha value is -1.02. The minimum atomic E-state index is -3.75. The van der Waals surface area contributed by atoms with Gasteiger partial charge in [0.25, 0.3) is 0 Å². The van der Waals surface area contributed by atoms with E-state index < -0.39 is 21.4 Å². The minimum absolute atomic E-state index is 0.0450. The molecule has 7 heteroatoms. The molecule has 0 radical (unpaired) electrons. The van der Waals surface area contributed by atoms with Gasteiger partial charge in [-0.15, -0.1) is 0 Å². The van der Waals surface area contributed by atoms with Crippen molar-refractivity contribution < 1.29 is 22.3 Å². The summed E-state index contributed by atoms with van der Waals surface area (Å²) in [5, 5.41) is 0. The number of hydrogen-bond acceptors (Lipinski definition) is 4. The summed E-state index contributed by atoms with van der Waals surface area (Å²) in [6.45, 7) is 4.35.